The molecule has 1 saturated heterocycles. The predicted octanol–water partition coefficient (Wildman–Crippen LogP) is 5.29. The number of rotatable bonds is 5. The van der Waals surface area contributed by atoms with Crippen molar-refractivity contribution in [3.63, 3.8) is 0 Å². The monoisotopic (exact) mass is 463 g/mol. The summed E-state index contributed by atoms with van der Waals surface area (Å²) >= 11 is 6.20. The third-order valence-electron chi connectivity index (χ3n) is 5.64. The van der Waals surface area contributed by atoms with Crippen molar-refractivity contribution < 1.29 is 24.2 Å². The van der Waals surface area contributed by atoms with Crippen LogP contribution in [-0.2, 0) is 9.59 Å². The quantitative estimate of drug-likeness (QED) is 0.316. The molecule has 33 heavy (non-hydrogen) atoms. The largest absolute Gasteiger partial charge is 0.507 e. The number of hydrogen-bond acceptors (Lipinski definition) is 5. The molecule has 1 fully saturated rings. The maximum absolute atomic E-state index is 13.3. The fraction of sp³-hybridized carbons (Fsp3) is 0.154. The lowest BCUT2D eigenvalue weighted by Gasteiger charge is -2.27. The van der Waals surface area contributed by atoms with E-state index in [2.05, 4.69) is 0 Å². The second-order valence-corrected chi connectivity index (χ2v) is 7.98. The third kappa shape index (κ3) is 3.94. The van der Waals surface area contributed by atoms with Gasteiger partial charge in [-0.15, -0.1) is 0 Å². The molecule has 0 saturated carbocycles. The summed E-state index contributed by atoms with van der Waals surface area (Å²) < 4.78 is 10.9. The molecular weight excluding hydrogens is 442 g/mol. The van der Waals surface area contributed by atoms with Crippen molar-refractivity contribution in [3.05, 3.63) is 94.0 Å². The van der Waals surface area contributed by atoms with Crippen LogP contribution in [0.5, 0.6) is 11.5 Å². The number of ether oxygens (including phenoxy) is 2. The van der Waals surface area contributed by atoms with Gasteiger partial charge in [0.1, 0.15) is 17.3 Å². The Labute approximate surface area is 196 Å². The summed E-state index contributed by atoms with van der Waals surface area (Å²) in [6.45, 7) is 1.81. The van der Waals surface area contributed by atoms with Crippen LogP contribution in [0, 0.1) is 6.92 Å². The number of benzene rings is 3. The Hall–Kier alpha value is -3.77. The third-order valence-corrected chi connectivity index (χ3v) is 6.07. The predicted molar refractivity (Wildman–Crippen MR) is 127 cm³/mol. The average molecular weight is 464 g/mol. The maximum atomic E-state index is 13.3. The zero-order valence-corrected chi connectivity index (χ0v) is 19.1. The minimum absolute atomic E-state index is 0.0367. The highest BCUT2D eigenvalue weighted by atomic mass is 35.5. The summed E-state index contributed by atoms with van der Waals surface area (Å²) in [6, 6.07) is 17.9. The first-order valence-electron chi connectivity index (χ1n) is 10.2. The smallest absolute Gasteiger partial charge is 0.300 e. The van der Waals surface area contributed by atoms with Gasteiger partial charge in [0, 0.05) is 21.8 Å². The normalized spacial score (nSPS) is 17.3. The Morgan fingerprint density at radius 3 is 2.33 bits per heavy atom. The van der Waals surface area contributed by atoms with Gasteiger partial charge in [0.05, 0.1) is 25.8 Å². The van der Waals surface area contributed by atoms with E-state index in [1.807, 2.05) is 6.92 Å². The molecule has 0 bridgehead atoms. The zero-order valence-electron chi connectivity index (χ0n) is 18.3. The first kappa shape index (κ1) is 22.4. The van der Waals surface area contributed by atoms with E-state index < -0.39 is 17.7 Å². The fourth-order valence-electron chi connectivity index (χ4n) is 3.98. The van der Waals surface area contributed by atoms with Crippen molar-refractivity contribution in [2.45, 2.75) is 13.0 Å². The molecule has 0 spiro atoms. The molecular formula is C26H22ClNO5. The van der Waals surface area contributed by atoms with Crippen LogP contribution in [0.4, 0.5) is 5.69 Å². The fourth-order valence-corrected chi connectivity index (χ4v) is 4.09. The number of hydrogen-bond donors (Lipinski definition) is 1. The van der Waals surface area contributed by atoms with Gasteiger partial charge in [-0.05, 0) is 48.9 Å². The van der Waals surface area contributed by atoms with Crippen molar-refractivity contribution in [2.75, 3.05) is 19.1 Å². The number of methoxy groups -OCH3 is 2. The number of carbonyl (C=O) groups is 2. The van der Waals surface area contributed by atoms with Crippen LogP contribution in [0.15, 0.2) is 72.3 Å². The van der Waals surface area contributed by atoms with Gasteiger partial charge in [-0.3, -0.25) is 14.5 Å². The van der Waals surface area contributed by atoms with E-state index in [9.17, 15) is 14.7 Å². The van der Waals surface area contributed by atoms with E-state index in [4.69, 9.17) is 21.1 Å². The lowest BCUT2D eigenvalue weighted by molar-refractivity contribution is -0.132. The van der Waals surface area contributed by atoms with E-state index in [0.717, 1.165) is 5.56 Å². The number of nitrogens with zero attached hydrogens (tertiary/aromatic N) is 1. The molecule has 168 valence electrons. The van der Waals surface area contributed by atoms with Crippen molar-refractivity contribution in [1.82, 2.24) is 0 Å². The number of halogens is 1. The number of carbonyl (C=O) groups excluding carboxylic acids is 2. The van der Waals surface area contributed by atoms with Crippen LogP contribution in [0.3, 0.4) is 0 Å². The topological polar surface area (TPSA) is 76.1 Å². The van der Waals surface area contributed by atoms with E-state index in [-0.39, 0.29) is 11.3 Å². The molecule has 1 aliphatic heterocycles. The average Bonchev–Trinajstić information content (AvgIpc) is 3.10. The number of aliphatic hydroxyl groups excluding tert-OH is 1. The summed E-state index contributed by atoms with van der Waals surface area (Å²) in [5.41, 5.74) is 2.11. The van der Waals surface area contributed by atoms with Gasteiger partial charge in [-0.2, -0.15) is 0 Å². The van der Waals surface area contributed by atoms with Gasteiger partial charge in [0.15, 0.2) is 0 Å². The van der Waals surface area contributed by atoms with Crippen LogP contribution in [-0.4, -0.2) is 31.0 Å². The van der Waals surface area contributed by atoms with Gasteiger partial charge < -0.3 is 14.6 Å². The number of anilines is 1. The maximum Gasteiger partial charge on any atom is 0.300 e. The van der Waals surface area contributed by atoms with Crippen LogP contribution in [0.2, 0.25) is 5.02 Å². The number of Topliss-reactive ketones (excluding diaryl/α,β-unsaturated/α-hetero) is 1. The molecule has 0 radical (unpaired) electrons. The van der Waals surface area contributed by atoms with Crippen LogP contribution in [0.1, 0.15) is 22.7 Å². The first-order chi connectivity index (χ1) is 15.9. The molecule has 1 N–H and O–H groups in total. The van der Waals surface area contributed by atoms with E-state index in [1.54, 1.807) is 66.7 Å². The molecule has 4 rings (SSSR count). The highest BCUT2D eigenvalue weighted by Crippen LogP contribution is 2.46. The molecule has 3 aromatic rings. The summed E-state index contributed by atoms with van der Waals surface area (Å²) in [6.07, 6.45) is 0. The minimum Gasteiger partial charge on any atom is -0.507 e. The van der Waals surface area contributed by atoms with Crippen molar-refractivity contribution in [3.8, 4) is 11.5 Å². The van der Waals surface area contributed by atoms with E-state index in [1.165, 1.54) is 19.1 Å². The van der Waals surface area contributed by atoms with Crippen molar-refractivity contribution in [1.29, 1.82) is 0 Å². The molecule has 1 unspecified atom stereocenters. The summed E-state index contributed by atoms with van der Waals surface area (Å²) in [4.78, 5) is 28.0. The molecule has 1 atom stereocenters. The minimum atomic E-state index is -0.948. The van der Waals surface area contributed by atoms with Crippen molar-refractivity contribution >= 4 is 34.7 Å². The van der Waals surface area contributed by atoms with Gasteiger partial charge in [-0.1, -0.05) is 41.9 Å². The number of aryl methyl sites for hydroxylation is 1. The second kappa shape index (κ2) is 9.00. The van der Waals surface area contributed by atoms with Gasteiger partial charge in [0.25, 0.3) is 11.7 Å². The summed E-state index contributed by atoms with van der Waals surface area (Å²) in [5.74, 6) is -0.861. The molecule has 0 aromatic heterocycles. The number of ketones is 1. The molecule has 3 aromatic carbocycles. The second-order valence-electron chi connectivity index (χ2n) is 7.58. The van der Waals surface area contributed by atoms with Gasteiger partial charge >= 0.3 is 0 Å². The van der Waals surface area contributed by atoms with Crippen molar-refractivity contribution in [2.24, 2.45) is 0 Å². The highest BCUT2D eigenvalue weighted by Gasteiger charge is 2.48. The van der Waals surface area contributed by atoms with Crippen LogP contribution >= 0.6 is 11.6 Å². The van der Waals surface area contributed by atoms with Crippen LogP contribution in [0.25, 0.3) is 5.76 Å². The Morgan fingerprint density at radius 2 is 1.70 bits per heavy atom. The molecule has 1 aliphatic rings. The highest BCUT2D eigenvalue weighted by molar-refractivity contribution is 6.51. The standard InChI is InChI=1S/C26H22ClNO5/c1-15-13-17(9-11-20(15)27)28-23(19-14-18(32-2)10-12-21(19)33-3)22(25(30)26(28)31)24(29)16-7-5-4-6-8-16/h4-14,23,29H,1-3H3. The Morgan fingerprint density at radius 1 is 0.970 bits per heavy atom. The molecule has 6 nitrogen and oxygen atoms in total. The van der Waals surface area contributed by atoms with Gasteiger partial charge in [0.2, 0.25) is 0 Å². The lowest BCUT2D eigenvalue weighted by atomic mass is 9.94. The lowest BCUT2D eigenvalue weighted by Crippen LogP contribution is -2.29. The van der Waals surface area contributed by atoms with E-state index in [0.29, 0.717) is 33.3 Å². The molecule has 0 aliphatic carbocycles. The number of amides is 1. The van der Waals surface area contributed by atoms with E-state index >= 15 is 0 Å². The molecule has 7 heteroatoms. The summed E-state index contributed by atoms with van der Waals surface area (Å²) in [7, 11) is 3.02. The first-order valence-corrected chi connectivity index (χ1v) is 10.6. The zero-order chi connectivity index (χ0) is 23.7. The molecule has 1 heterocycles. The molecule has 1 amide bonds. The van der Waals surface area contributed by atoms with Crippen LogP contribution < -0.4 is 14.4 Å². The summed E-state index contributed by atoms with van der Waals surface area (Å²) in [5, 5.41) is 11.7. The van der Waals surface area contributed by atoms with Gasteiger partial charge in [-0.25, -0.2) is 0 Å². The number of aliphatic hydroxyl groups is 1. The Kier molecular flexibility index (Phi) is 6.11. The Balaban J connectivity index is 2.02. The Bertz CT molecular complexity index is 1270. The SMILES string of the molecule is COc1ccc(OC)c(C2C(=C(O)c3ccccc3)C(=O)C(=O)N2c2ccc(Cl)c(C)c2)c1.